The van der Waals surface area contributed by atoms with Crippen LogP contribution in [0.15, 0.2) is 16.9 Å². The molecule has 1 unspecified atom stereocenters. The fourth-order valence-electron chi connectivity index (χ4n) is 0.883. The molecule has 1 rings (SSSR count). The average Bonchev–Trinajstić information content (AvgIpc) is 2.20. The van der Waals surface area contributed by atoms with Crippen LogP contribution in [0.2, 0.25) is 0 Å². The van der Waals surface area contributed by atoms with Gasteiger partial charge in [0.2, 0.25) is 11.9 Å². The zero-order chi connectivity index (χ0) is 11.3. The number of amides is 1. The molecule has 0 aliphatic heterocycles. The van der Waals surface area contributed by atoms with E-state index in [4.69, 9.17) is 12.2 Å². The third-order valence-electron chi connectivity index (χ3n) is 1.59. The molecule has 15 heavy (non-hydrogen) atoms. The SMILES string of the molecule is C#CCC(Nc1ncc(Br)cn1)C(N)=O. The largest absolute Gasteiger partial charge is 0.368 e. The number of carbonyl (C=O) groups is 1. The first-order valence-electron chi connectivity index (χ1n) is 4.10. The van der Waals surface area contributed by atoms with Crippen LogP contribution >= 0.6 is 15.9 Å². The molecule has 1 aromatic heterocycles. The van der Waals surface area contributed by atoms with E-state index >= 15 is 0 Å². The summed E-state index contributed by atoms with van der Waals surface area (Å²) in [6.45, 7) is 0. The van der Waals surface area contributed by atoms with E-state index in [0.29, 0.717) is 5.95 Å². The third-order valence-corrected chi connectivity index (χ3v) is 2.00. The van der Waals surface area contributed by atoms with E-state index in [-0.39, 0.29) is 6.42 Å². The first kappa shape index (κ1) is 11.5. The van der Waals surface area contributed by atoms with Gasteiger partial charge >= 0.3 is 0 Å². The van der Waals surface area contributed by atoms with Crippen LogP contribution in [0.1, 0.15) is 6.42 Å². The van der Waals surface area contributed by atoms with E-state index < -0.39 is 11.9 Å². The van der Waals surface area contributed by atoms with Crippen LogP contribution in [0.25, 0.3) is 0 Å². The van der Waals surface area contributed by atoms with E-state index in [1.54, 1.807) is 12.4 Å². The number of primary amides is 1. The third kappa shape index (κ3) is 3.56. The highest BCUT2D eigenvalue weighted by molar-refractivity contribution is 9.10. The predicted octanol–water partition coefficient (Wildman–Crippen LogP) is 0.528. The number of rotatable bonds is 4. The molecule has 0 spiro atoms. The number of anilines is 1. The van der Waals surface area contributed by atoms with Crippen molar-refractivity contribution in [3.8, 4) is 12.3 Å². The number of nitrogens with two attached hydrogens (primary N) is 1. The van der Waals surface area contributed by atoms with Crippen LogP contribution in [0.3, 0.4) is 0 Å². The summed E-state index contributed by atoms with van der Waals surface area (Å²) in [5.74, 6) is 2.14. The fourth-order valence-corrected chi connectivity index (χ4v) is 1.09. The molecule has 1 amide bonds. The number of halogens is 1. The topological polar surface area (TPSA) is 80.9 Å². The number of nitrogens with zero attached hydrogens (tertiary/aromatic N) is 2. The lowest BCUT2D eigenvalue weighted by Crippen LogP contribution is -2.35. The Labute approximate surface area is 95.6 Å². The molecule has 0 bridgehead atoms. The Kier molecular flexibility index (Phi) is 4.06. The van der Waals surface area contributed by atoms with Crippen molar-refractivity contribution in [3.05, 3.63) is 16.9 Å². The molecular weight excluding hydrogens is 260 g/mol. The lowest BCUT2D eigenvalue weighted by Gasteiger charge is -2.11. The van der Waals surface area contributed by atoms with Gasteiger partial charge in [-0.05, 0) is 15.9 Å². The lowest BCUT2D eigenvalue weighted by molar-refractivity contribution is -0.118. The van der Waals surface area contributed by atoms with Gasteiger partial charge in [0.05, 0.1) is 4.47 Å². The van der Waals surface area contributed by atoms with E-state index in [1.807, 2.05) is 0 Å². The molecule has 78 valence electrons. The molecule has 0 saturated carbocycles. The van der Waals surface area contributed by atoms with Crippen molar-refractivity contribution in [2.45, 2.75) is 12.5 Å². The average molecular weight is 269 g/mol. The van der Waals surface area contributed by atoms with Crippen molar-refractivity contribution in [1.29, 1.82) is 0 Å². The molecule has 1 aromatic rings. The fraction of sp³-hybridized carbons (Fsp3) is 0.222. The molecular formula is C9H9BrN4O. The summed E-state index contributed by atoms with van der Waals surface area (Å²) in [5.41, 5.74) is 5.14. The van der Waals surface area contributed by atoms with Gasteiger partial charge in [0.1, 0.15) is 6.04 Å². The Bertz CT molecular complexity index is 384. The van der Waals surface area contributed by atoms with Gasteiger partial charge in [-0.3, -0.25) is 4.79 Å². The monoisotopic (exact) mass is 268 g/mol. The molecule has 1 heterocycles. The maximum absolute atomic E-state index is 11.0. The summed E-state index contributed by atoms with van der Waals surface area (Å²) in [6, 6.07) is -0.642. The van der Waals surface area contributed by atoms with Gasteiger partial charge < -0.3 is 11.1 Å². The lowest BCUT2D eigenvalue weighted by atomic mass is 10.2. The second-order valence-corrected chi connectivity index (χ2v) is 3.65. The Hall–Kier alpha value is -1.61. The van der Waals surface area contributed by atoms with Gasteiger partial charge in [-0.25, -0.2) is 9.97 Å². The van der Waals surface area contributed by atoms with Crippen molar-refractivity contribution in [1.82, 2.24) is 9.97 Å². The number of hydrogen-bond acceptors (Lipinski definition) is 4. The van der Waals surface area contributed by atoms with Gasteiger partial charge in [-0.15, -0.1) is 12.3 Å². The molecule has 3 N–H and O–H groups in total. The molecule has 6 heteroatoms. The number of carbonyl (C=O) groups excluding carboxylic acids is 1. The summed E-state index contributed by atoms with van der Waals surface area (Å²) in [4.78, 5) is 18.8. The molecule has 5 nitrogen and oxygen atoms in total. The highest BCUT2D eigenvalue weighted by Gasteiger charge is 2.14. The minimum atomic E-state index is -0.642. The highest BCUT2D eigenvalue weighted by Crippen LogP contribution is 2.08. The quantitative estimate of drug-likeness (QED) is 0.781. The van der Waals surface area contributed by atoms with Crippen LogP contribution < -0.4 is 11.1 Å². The second-order valence-electron chi connectivity index (χ2n) is 2.73. The summed E-state index contributed by atoms with van der Waals surface area (Å²) >= 11 is 3.19. The maximum atomic E-state index is 11.0. The Morgan fingerprint density at radius 2 is 2.27 bits per heavy atom. The summed E-state index contributed by atoms with van der Waals surface area (Å²) in [6.07, 6.45) is 8.42. The summed E-state index contributed by atoms with van der Waals surface area (Å²) < 4.78 is 0.751. The van der Waals surface area contributed by atoms with Gasteiger partial charge in [0, 0.05) is 18.8 Å². The van der Waals surface area contributed by atoms with E-state index in [2.05, 4.69) is 37.1 Å². The Morgan fingerprint density at radius 1 is 1.67 bits per heavy atom. The predicted molar refractivity (Wildman–Crippen MR) is 59.8 cm³/mol. The van der Waals surface area contributed by atoms with E-state index in [1.165, 1.54) is 0 Å². The van der Waals surface area contributed by atoms with E-state index in [0.717, 1.165) is 4.47 Å². The molecule has 1 atom stereocenters. The number of nitrogens with one attached hydrogen (secondary N) is 1. The number of aromatic nitrogens is 2. The minimum absolute atomic E-state index is 0.203. The van der Waals surface area contributed by atoms with Gasteiger partial charge in [0.25, 0.3) is 0 Å². The normalized spacial score (nSPS) is 11.5. The molecule has 0 aliphatic rings. The van der Waals surface area contributed by atoms with Crippen LogP contribution in [-0.4, -0.2) is 21.9 Å². The van der Waals surface area contributed by atoms with Crippen LogP contribution in [0.4, 0.5) is 5.95 Å². The van der Waals surface area contributed by atoms with Crippen LogP contribution in [0, 0.1) is 12.3 Å². The highest BCUT2D eigenvalue weighted by atomic mass is 79.9. The van der Waals surface area contributed by atoms with Crippen molar-refractivity contribution in [2.75, 3.05) is 5.32 Å². The summed E-state index contributed by atoms with van der Waals surface area (Å²) in [7, 11) is 0. The molecule has 0 fully saturated rings. The second kappa shape index (κ2) is 5.32. The molecule has 0 saturated heterocycles. The molecule has 0 aliphatic carbocycles. The molecule has 0 aromatic carbocycles. The summed E-state index contributed by atoms with van der Waals surface area (Å²) in [5, 5.41) is 2.75. The van der Waals surface area contributed by atoms with Crippen molar-refractivity contribution in [2.24, 2.45) is 5.73 Å². The van der Waals surface area contributed by atoms with Crippen LogP contribution in [0.5, 0.6) is 0 Å². The Balaban J connectivity index is 2.70. The van der Waals surface area contributed by atoms with Crippen LogP contribution in [-0.2, 0) is 4.79 Å². The van der Waals surface area contributed by atoms with E-state index in [9.17, 15) is 4.79 Å². The molecule has 0 radical (unpaired) electrons. The Morgan fingerprint density at radius 3 is 2.73 bits per heavy atom. The van der Waals surface area contributed by atoms with Gasteiger partial charge in [-0.2, -0.15) is 0 Å². The minimum Gasteiger partial charge on any atom is -0.368 e. The van der Waals surface area contributed by atoms with Crippen molar-refractivity contribution >= 4 is 27.8 Å². The smallest absolute Gasteiger partial charge is 0.241 e. The number of terminal acetylenes is 1. The standard InChI is InChI=1S/C9H9BrN4O/c1-2-3-7(8(11)15)14-9-12-4-6(10)5-13-9/h1,4-5,7H,3H2,(H2,11,15)(H,12,13,14). The number of hydrogen-bond donors (Lipinski definition) is 2. The zero-order valence-electron chi connectivity index (χ0n) is 7.77. The first-order valence-corrected chi connectivity index (χ1v) is 4.89. The van der Waals surface area contributed by atoms with Crippen molar-refractivity contribution in [3.63, 3.8) is 0 Å². The van der Waals surface area contributed by atoms with Gasteiger partial charge in [0.15, 0.2) is 0 Å². The zero-order valence-corrected chi connectivity index (χ0v) is 9.36. The maximum Gasteiger partial charge on any atom is 0.241 e. The van der Waals surface area contributed by atoms with Gasteiger partial charge in [-0.1, -0.05) is 0 Å². The first-order chi connectivity index (χ1) is 7.13. The van der Waals surface area contributed by atoms with Crippen molar-refractivity contribution < 1.29 is 4.79 Å².